The Balaban J connectivity index is 1.52. The van der Waals surface area contributed by atoms with Crippen LogP contribution in [0.4, 0.5) is 14.5 Å². The SMILES string of the molecule is Cc1c2c(cc3c1N(Cc1cccc4c1OC(F)(F)O4)CCO3)CCNCC2. The number of ether oxygens (including phenoxy) is 3. The van der Waals surface area contributed by atoms with Crippen molar-refractivity contribution in [3.8, 4) is 17.2 Å². The Bertz CT molecular complexity index is 932. The number of para-hydroxylation sites is 1. The van der Waals surface area contributed by atoms with E-state index in [1.54, 1.807) is 12.1 Å². The number of nitrogens with zero attached hydrogens (tertiary/aromatic N) is 1. The molecule has 5 rings (SSSR count). The summed E-state index contributed by atoms with van der Waals surface area (Å²) in [5, 5.41) is 3.44. The van der Waals surface area contributed by atoms with Crippen LogP contribution in [0.25, 0.3) is 0 Å². The predicted molar refractivity (Wildman–Crippen MR) is 101 cm³/mol. The molecule has 28 heavy (non-hydrogen) atoms. The van der Waals surface area contributed by atoms with Gasteiger partial charge in [-0.2, -0.15) is 0 Å². The first-order valence-electron chi connectivity index (χ1n) is 9.63. The van der Waals surface area contributed by atoms with Crippen molar-refractivity contribution in [1.82, 2.24) is 5.32 Å². The van der Waals surface area contributed by atoms with Crippen molar-refractivity contribution in [3.05, 3.63) is 46.5 Å². The summed E-state index contributed by atoms with van der Waals surface area (Å²) >= 11 is 0. The average Bonchev–Trinajstić information content (AvgIpc) is 2.82. The van der Waals surface area contributed by atoms with E-state index in [-0.39, 0.29) is 11.5 Å². The fraction of sp³-hybridized carbons (Fsp3) is 0.429. The smallest absolute Gasteiger partial charge is 0.490 e. The largest absolute Gasteiger partial charge is 0.586 e. The van der Waals surface area contributed by atoms with E-state index < -0.39 is 6.29 Å². The van der Waals surface area contributed by atoms with E-state index in [4.69, 9.17) is 9.47 Å². The van der Waals surface area contributed by atoms with Crippen molar-refractivity contribution >= 4 is 5.69 Å². The fourth-order valence-corrected chi connectivity index (χ4v) is 4.41. The summed E-state index contributed by atoms with van der Waals surface area (Å²) in [6, 6.07) is 7.18. The maximum absolute atomic E-state index is 13.5. The van der Waals surface area contributed by atoms with Gasteiger partial charge in [-0.15, -0.1) is 8.78 Å². The molecule has 0 fully saturated rings. The second-order valence-corrected chi connectivity index (χ2v) is 7.42. The second kappa shape index (κ2) is 6.51. The molecule has 2 aromatic rings. The van der Waals surface area contributed by atoms with E-state index in [2.05, 4.69) is 27.9 Å². The lowest BCUT2D eigenvalue weighted by Crippen LogP contribution is -2.33. The minimum Gasteiger partial charge on any atom is -0.490 e. The Morgan fingerprint density at radius 2 is 2.00 bits per heavy atom. The van der Waals surface area contributed by atoms with Crippen LogP contribution in [0.2, 0.25) is 0 Å². The van der Waals surface area contributed by atoms with E-state index in [0.29, 0.717) is 25.3 Å². The van der Waals surface area contributed by atoms with Gasteiger partial charge < -0.3 is 24.4 Å². The first kappa shape index (κ1) is 17.6. The first-order valence-corrected chi connectivity index (χ1v) is 9.63. The molecule has 7 heteroatoms. The van der Waals surface area contributed by atoms with Crippen molar-refractivity contribution in [2.75, 3.05) is 31.1 Å². The summed E-state index contributed by atoms with van der Waals surface area (Å²) in [5.41, 5.74) is 5.64. The van der Waals surface area contributed by atoms with Gasteiger partial charge in [0.05, 0.1) is 12.2 Å². The highest BCUT2D eigenvalue weighted by molar-refractivity contribution is 5.69. The van der Waals surface area contributed by atoms with E-state index in [0.717, 1.165) is 37.4 Å². The molecular formula is C21H22F2N2O3. The molecule has 2 aromatic carbocycles. The molecule has 0 aromatic heterocycles. The van der Waals surface area contributed by atoms with Gasteiger partial charge in [0.1, 0.15) is 12.4 Å². The predicted octanol–water partition coefficient (Wildman–Crippen LogP) is 3.40. The van der Waals surface area contributed by atoms with Gasteiger partial charge in [0.2, 0.25) is 0 Å². The molecule has 0 atom stereocenters. The van der Waals surface area contributed by atoms with E-state index in [1.807, 2.05) is 0 Å². The summed E-state index contributed by atoms with van der Waals surface area (Å²) in [4.78, 5) is 2.20. The quantitative estimate of drug-likeness (QED) is 0.854. The number of alkyl halides is 2. The third-order valence-corrected chi connectivity index (χ3v) is 5.66. The van der Waals surface area contributed by atoms with Gasteiger partial charge in [-0.1, -0.05) is 12.1 Å². The van der Waals surface area contributed by atoms with Gasteiger partial charge >= 0.3 is 6.29 Å². The minimum atomic E-state index is -3.61. The van der Waals surface area contributed by atoms with Gasteiger partial charge in [0.25, 0.3) is 0 Å². The van der Waals surface area contributed by atoms with Crippen LogP contribution in [-0.4, -0.2) is 32.5 Å². The number of nitrogens with one attached hydrogen (secondary N) is 1. The lowest BCUT2D eigenvalue weighted by Gasteiger charge is -2.34. The zero-order valence-corrected chi connectivity index (χ0v) is 15.7. The van der Waals surface area contributed by atoms with E-state index in [9.17, 15) is 8.78 Å². The highest BCUT2D eigenvalue weighted by Gasteiger charge is 2.44. The van der Waals surface area contributed by atoms with Crippen molar-refractivity contribution in [2.45, 2.75) is 32.6 Å². The van der Waals surface area contributed by atoms with Crippen LogP contribution in [0.15, 0.2) is 24.3 Å². The summed E-state index contributed by atoms with van der Waals surface area (Å²) in [6.07, 6.45) is -1.65. The fourth-order valence-electron chi connectivity index (χ4n) is 4.41. The average molecular weight is 388 g/mol. The molecule has 0 bridgehead atoms. The van der Waals surface area contributed by atoms with Crippen molar-refractivity contribution in [3.63, 3.8) is 0 Å². The van der Waals surface area contributed by atoms with E-state index >= 15 is 0 Å². The summed E-state index contributed by atoms with van der Waals surface area (Å²) in [5.74, 6) is 1.08. The molecule has 0 amide bonds. The number of benzene rings is 2. The van der Waals surface area contributed by atoms with Crippen LogP contribution >= 0.6 is 0 Å². The van der Waals surface area contributed by atoms with Crippen LogP contribution in [0.3, 0.4) is 0 Å². The highest BCUT2D eigenvalue weighted by Crippen LogP contribution is 2.45. The van der Waals surface area contributed by atoms with Crippen molar-refractivity contribution in [2.24, 2.45) is 0 Å². The Morgan fingerprint density at radius 3 is 2.89 bits per heavy atom. The van der Waals surface area contributed by atoms with Crippen molar-refractivity contribution in [1.29, 1.82) is 0 Å². The maximum Gasteiger partial charge on any atom is 0.586 e. The number of fused-ring (bicyclic) bond motifs is 3. The summed E-state index contributed by atoms with van der Waals surface area (Å²) < 4.78 is 42.4. The number of rotatable bonds is 2. The normalized spacial score (nSPS) is 19.5. The summed E-state index contributed by atoms with van der Waals surface area (Å²) in [6.45, 7) is 5.76. The number of anilines is 1. The van der Waals surface area contributed by atoms with Crippen LogP contribution < -0.4 is 24.4 Å². The van der Waals surface area contributed by atoms with Crippen LogP contribution in [0.1, 0.15) is 22.3 Å². The van der Waals surface area contributed by atoms with Crippen LogP contribution in [0, 0.1) is 6.92 Å². The van der Waals surface area contributed by atoms with Gasteiger partial charge in [0.15, 0.2) is 11.5 Å². The summed E-state index contributed by atoms with van der Waals surface area (Å²) in [7, 11) is 0. The molecule has 3 aliphatic heterocycles. The van der Waals surface area contributed by atoms with Crippen LogP contribution in [0.5, 0.6) is 17.2 Å². The zero-order chi connectivity index (χ0) is 19.3. The molecule has 0 radical (unpaired) electrons. The molecule has 5 nitrogen and oxygen atoms in total. The lowest BCUT2D eigenvalue weighted by molar-refractivity contribution is -0.286. The number of hydrogen-bond donors (Lipinski definition) is 1. The Labute approximate surface area is 162 Å². The van der Waals surface area contributed by atoms with Gasteiger partial charge in [0, 0.05) is 12.1 Å². The molecule has 0 saturated carbocycles. The first-order chi connectivity index (χ1) is 13.5. The standard InChI is InChI=1S/C21H22F2N2O3/c1-13-16-6-8-24-7-5-14(16)11-18-19(13)25(9-10-26-18)12-15-3-2-4-17-20(15)28-21(22,23)27-17/h2-4,11,24H,5-10,12H2,1H3. The van der Waals surface area contributed by atoms with E-state index in [1.165, 1.54) is 22.8 Å². The highest BCUT2D eigenvalue weighted by atomic mass is 19.3. The lowest BCUT2D eigenvalue weighted by atomic mass is 9.94. The molecule has 3 aliphatic rings. The third-order valence-electron chi connectivity index (χ3n) is 5.66. The van der Waals surface area contributed by atoms with Gasteiger partial charge in [-0.05, 0) is 61.7 Å². The molecule has 1 N–H and O–H groups in total. The minimum absolute atomic E-state index is 0.0840. The molecule has 3 heterocycles. The topological polar surface area (TPSA) is 43.0 Å². The second-order valence-electron chi connectivity index (χ2n) is 7.42. The van der Waals surface area contributed by atoms with Crippen LogP contribution in [-0.2, 0) is 19.4 Å². The Morgan fingerprint density at radius 1 is 1.14 bits per heavy atom. The molecule has 0 aliphatic carbocycles. The zero-order valence-electron chi connectivity index (χ0n) is 15.7. The van der Waals surface area contributed by atoms with Gasteiger partial charge in [-0.3, -0.25) is 0 Å². The third kappa shape index (κ3) is 2.94. The maximum atomic E-state index is 13.5. The Hall–Kier alpha value is -2.54. The van der Waals surface area contributed by atoms with Gasteiger partial charge in [-0.25, -0.2) is 0 Å². The molecule has 0 spiro atoms. The van der Waals surface area contributed by atoms with Crippen molar-refractivity contribution < 1.29 is 23.0 Å². The molecule has 0 unspecified atom stereocenters. The monoisotopic (exact) mass is 388 g/mol. The number of halogens is 2. The number of hydrogen-bond acceptors (Lipinski definition) is 5. The molecule has 148 valence electrons. The molecule has 0 saturated heterocycles. The Kier molecular flexibility index (Phi) is 4.08. The molecular weight excluding hydrogens is 366 g/mol.